The lowest BCUT2D eigenvalue weighted by molar-refractivity contribution is -0.140. The van der Waals surface area contributed by atoms with Gasteiger partial charge in [0.25, 0.3) is 0 Å². The molecule has 0 spiro atoms. The first-order chi connectivity index (χ1) is 11.5. The molecule has 0 N–H and O–H groups in total. The molecule has 0 bridgehead atoms. The first-order valence-electron chi connectivity index (χ1n) is 8.30. The minimum atomic E-state index is -0.212. The molecule has 24 heavy (non-hydrogen) atoms. The van der Waals surface area contributed by atoms with Crippen LogP contribution in [0.2, 0.25) is 0 Å². The van der Waals surface area contributed by atoms with E-state index in [-0.39, 0.29) is 36.2 Å². The molecule has 1 aromatic carbocycles. The molecular weight excluding hydrogens is 308 g/mol. The topological polar surface area (TPSA) is 66.9 Å². The van der Waals surface area contributed by atoms with Crippen LogP contribution in [0.5, 0.6) is 5.75 Å². The number of benzene rings is 1. The number of carbonyl (C=O) groups is 3. The Kier molecular flexibility index (Phi) is 4.55. The molecule has 0 aromatic heterocycles. The molecule has 2 fully saturated rings. The quantitative estimate of drug-likeness (QED) is 0.794. The molecule has 1 aliphatic heterocycles. The van der Waals surface area contributed by atoms with E-state index in [1.54, 1.807) is 31.4 Å². The van der Waals surface area contributed by atoms with Crippen LogP contribution in [0.4, 0.5) is 5.69 Å². The van der Waals surface area contributed by atoms with Crippen molar-refractivity contribution in [2.75, 3.05) is 18.7 Å². The van der Waals surface area contributed by atoms with Crippen LogP contribution < -0.4 is 9.64 Å². The van der Waals surface area contributed by atoms with Crippen LogP contribution in [0.25, 0.3) is 0 Å². The largest absolute Gasteiger partial charge is 0.497 e. The number of methoxy groups -OCH3 is 1. The van der Waals surface area contributed by atoms with Gasteiger partial charge in [-0.2, -0.15) is 0 Å². The Hall–Kier alpha value is -2.37. The summed E-state index contributed by atoms with van der Waals surface area (Å²) < 4.78 is 5.12. The van der Waals surface area contributed by atoms with Crippen molar-refractivity contribution in [3.8, 4) is 5.75 Å². The predicted molar refractivity (Wildman–Crippen MR) is 88.3 cm³/mol. The summed E-state index contributed by atoms with van der Waals surface area (Å²) in [5, 5.41) is 0. The normalized spacial score (nSPS) is 23.2. The lowest BCUT2D eigenvalue weighted by Gasteiger charge is -2.26. The minimum Gasteiger partial charge on any atom is -0.497 e. The highest BCUT2D eigenvalue weighted by Crippen LogP contribution is 2.38. The van der Waals surface area contributed by atoms with Gasteiger partial charge in [0.1, 0.15) is 12.4 Å². The second-order valence-corrected chi connectivity index (χ2v) is 6.39. The van der Waals surface area contributed by atoms with Crippen molar-refractivity contribution in [1.82, 2.24) is 4.90 Å². The maximum atomic E-state index is 12.6. The van der Waals surface area contributed by atoms with E-state index in [2.05, 4.69) is 0 Å². The molecule has 6 heteroatoms. The van der Waals surface area contributed by atoms with Gasteiger partial charge in [-0.15, -0.1) is 0 Å². The van der Waals surface area contributed by atoms with Crippen LogP contribution in [0.3, 0.4) is 0 Å². The lowest BCUT2D eigenvalue weighted by Crippen LogP contribution is -2.44. The van der Waals surface area contributed by atoms with Gasteiger partial charge in [0.2, 0.25) is 17.7 Å². The van der Waals surface area contributed by atoms with Crippen molar-refractivity contribution in [2.45, 2.75) is 32.6 Å². The van der Waals surface area contributed by atoms with Gasteiger partial charge in [0.05, 0.1) is 18.9 Å². The van der Waals surface area contributed by atoms with E-state index in [1.165, 1.54) is 16.7 Å². The fourth-order valence-corrected chi connectivity index (χ4v) is 3.64. The number of rotatable bonds is 4. The average molecular weight is 330 g/mol. The zero-order chi connectivity index (χ0) is 17.3. The highest BCUT2D eigenvalue weighted by Gasteiger charge is 2.48. The first-order valence-corrected chi connectivity index (χ1v) is 8.30. The number of carbonyl (C=O) groups excluding carboxylic acids is 3. The molecule has 6 nitrogen and oxygen atoms in total. The molecular formula is C18H22N2O4. The van der Waals surface area contributed by atoms with Gasteiger partial charge in [0, 0.05) is 12.6 Å². The standard InChI is InChI=1S/C18H22N2O4/c1-12(21)19(13-7-9-14(24-2)10-8-13)11-20-17(22)15-5-3-4-6-16(15)18(20)23/h7-10,15-16H,3-6,11H2,1-2H3. The summed E-state index contributed by atoms with van der Waals surface area (Å²) in [5.41, 5.74) is 0.638. The molecule has 2 atom stereocenters. The highest BCUT2D eigenvalue weighted by molar-refractivity contribution is 6.06. The van der Waals surface area contributed by atoms with Crippen molar-refractivity contribution < 1.29 is 19.1 Å². The molecule has 2 unspecified atom stereocenters. The Morgan fingerprint density at radius 2 is 1.67 bits per heavy atom. The molecule has 3 amide bonds. The summed E-state index contributed by atoms with van der Waals surface area (Å²) in [6.07, 6.45) is 3.52. The van der Waals surface area contributed by atoms with Crippen molar-refractivity contribution >= 4 is 23.4 Å². The van der Waals surface area contributed by atoms with Crippen LogP contribution in [0, 0.1) is 11.8 Å². The third kappa shape index (κ3) is 2.88. The zero-order valence-electron chi connectivity index (χ0n) is 14.0. The Labute approximate surface area is 141 Å². The van der Waals surface area contributed by atoms with Gasteiger partial charge < -0.3 is 4.74 Å². The number of ether oxygens (including phenoxy) is 1. The minimum absolute atomic E-state index is 0.0215. The average Bonchev–Trinajstić information content (AvgIpc) is 2.84. The number of hydrogen-bond donors (Lipinski definition) is 0. The van der Waals surface area contributed by atoms with Crippen molar-refractivity contribution in [1.29, 1.82) is 0 Å². The van der Waals surface area contributed by atoms with Gasteiger partial charge in [0.15, 0.2) is 0 Å². The molecule has 1 heterocycles. The Morgan fingerprint density at radius 3 is 2.12 bits per heavy atom. The van der Waals surface area contributed by atoms with Crippen LogP contribution in [0.1, 0.15) is 32.6 Å². The van der Waals surface area contributed by atoms with Crippen LogP contribution >= 0.6 is 0 Å². The Balaban J connectivity index is 1.81. The molecule has 1 saturated carbocycles. The number of fused-ring (bicyclic) bond motifs is 1. The summed E-state index contributed by atoms with van der Waals surface area (Å²) in [6.45, 7) is 1.41. The fourth-order valence-electron chi connectivity index (χ4n) is 3.64. The van der Waals surface area contributed by atoms with Crippen LogP contribution in [-0.4, -0.2) is 36.4 Å². The first kappa shape index (κ1) is 16.5. The molecule has 1 aliphatic carbocycles. The Bertz CT molecular complexity index is 631. The maximum absolute atomic E-state index is 12.6. The second kappa shape index (κ2) is 6.63. The molecule has 1 aromatic rings. The van der Waals surface area contributed by atoms with E-state index < -0.39 is 0 Å². The number of amides is 3. The molecule has 1 saturated heterocycles. The van der Waals surface area contributed by atoms with Gasteiger partial charge >= 0.3 is 0 Å². The van der Waals surface area contributed by atoms with E-state index in [1.807, 2.05) is 0 Å². The van der Waals surface area contributed by atoms with Gasteiger partial charge in [-0.1, -0.05) is 12.8 Å². The second-order valence-electron chi connectivity index (χ2n) is 6.39. The molecule has 0 radical (unpaired) electrons. The fraction of sp³-hybridized carbons (Fsp3) is 0.500. The number of anilines is 1. The van der Waals surface area contributed by atoms with Crippen molar-refractivity contribution in [3.05, 3.63) is 24.3 Å². The van der Waals surface area contributed by atoms with E-state index in [4.69, 9.17) is 4.74 Å². The van der Waals surface area contributed by atoms with E-state index in [9.17, 15) is 14.4 Å². The van der Waals surface area contributed by atoms with E-state index in [0.29, 0.717) is 11.4 Å². The zero-order valence-corrected chi connectivity index (χ0v) is 14.0. The van der Waals surface area contributed by atoms with Crippen LogP contribution in [0.15, 0.2) is 24.3 Å². The highest BCUT2D eigenvalue weighted by atomic mass is 16.5. The summed E-state index contributed by atoms with van der Waals surface area (Å²) in [6, 6.07) is 6.99. The summed E-state index contributed by atoms with van der Waals surface area (Å²) >= 11 is 0. The smallest absolute Gasteiger partial charge is 0.234 e. The van der Waals surface area contributed by atoms with E-state index in [0.717, 1.165) is 25.7 Å². The Morgan fingerprint density at radius 1 is 1.12 bits per heavy atom. The van der Waals surface area contributed by atoms with Crippen LogP contribution in [-0.2, 0) is 14.4 Å². The molecule has 3 rings (SSSR count). The number of nitrogens with zero attached hydrogens (tertiary/aromatic N) is 2. The SMILES string of the molecule is COc1ccc(N(CN2C(=O)C3CCCCC3C2=O)C(C)=O)cc1. The summed E-state index contributed by atoms with van der Waals surface area (Å²) in [4.78, 5) is 39.9. The van der Waals surface area contributed by atoms with Gasteiger partial charge in [-0.3, -0.25) is 24.2 Å². The molecule has 128 valence electrons. The third-order valence-electron chi connectivity index (χ3n) is 4.98. The number of imide groups is 1. The summed E-state index contributed by atoms with van der Waals surface area (Å²) in [7, 11) is 1.57. The monoisotopic (exact) mass is 330 g/mol. The number of likely N-dealkylation sites (tertiary alicyclic amines) is 1. The number of hydrogen-bond acceptors (Lipinski definition) is 4. The third-order valence-corrected chi connectivity index (χ3v) is 4.98. The van der Waals surface area contributed by atoms with Crippen molar-refractivity contribution in [2.24, 2.45) is 11.8 Å². The van der Waals surface area contributed by atoms with Gasteiger partial charge in [-0.25, -0.2) is 0 Å². The lowest BCUT2D eigenvalue weighted by atomic mass is 9.81. The summed E-state index contributed by atoms with van der Waals surface area (Å²) in [5.74, 6) is -0.196. The van der Waals surface area contributed by atoms with Crippen molar-refractivity contribution in [3.63, 3.8) is 0 Å². The molecule has 2 aliphatic rings. The van der Waals surface area contributed by atoms with Gasteiger partial charge in [-0.05, 0) is 37.1 Å². The maximum Gasteiger partial charge on any atom is 0.234 e. The van der Waals surface area contributed by atoms with E-state index >= 15 is 0 Å². The predicted octanol–water partition coefficient (Wildman–Crippen LogP) is 2.18.